The van der Waals surface area contributed by atoms with Gasteiger partial charge in [0.25, 0.3) is 5.91 Å². The summed E-state index contributed by atoms with van der Waals surface area (Å²) in [5.41, 5.74) is 3.96. The van der Waals surface area contributed by atoms with E-state index >= 15 is 0 Å². The largest absolute Gasteiger partial charge is 0.450 e. The zero-order valence-electron chi connectivity index (χ0n) is 14.6. The number of nitrogens with zero attached hydrogens (tertiary/aromatic N) is 1. The molecule has 5 heteroatoms. The molecule has 129 valence electrons. The third-order valence-electron chi connectivity index (χ3n) is 4.87. The lowest BCUT2D eigenvalue weighted by Crippen LogP contribution is -2.38. The number of rotatable bonds is 5. The van der Waals surface area contributed by atoms with Crippen molar-refractivity contribution in [3.63, 3.8) is 0 Å². The standard InChI is InChI=1S/C20H24BN2O2/c1-22-14-15-4-2-5-17(12-15)16-8-10-23(11-9-16)20(24)18-6-3-7-19(13-18)21-25/h2-7,12-13,16,22,25H,8-11,14H2,1H3. The lowest BCUT2D eigenvalue weighted by molar-refractivity contribution is 0.0713. The number of carbonyl (C=O) groups excluding carboxylic acids is 1. The van der Waals surface area contributed by atoms with E-state index in [1.165, 1.54) is 11.1 Å². The van der Waals surface area contributed by atoms with Crippen LogP contribution in [0, 0.1) is 0 Å². The van der Waals surface area contributed by atoms with Crippen LogP contribution in [0.1, 0.15) is 40.2 Å². The molecule has 0 atom stereocenters. The predicted molar refractivity (Wildman–Crippen MR) is 101 cm³/mol. The van der Waals surface area contributed by atoms with Gasteiger partial charge in [-0.25, -0.2) is 0 Å². The smallest absolute Gasteiger partial charge is 0.326 e. The molecule has 3 rings (SSSR count). The minimum absolute atomic E-state index is 0.0473. The average molecular weight is 335 g/mol. The number of amides is 1. The summed E-state index contributed by atoms with van der Waals surface area (Å²) in [7, 11) is 2.99. The maximum Gasteiger partial charge on any atom is 0.326 e. The van der Waals surface area contributed by atoms with Crippen LogP contribution in [0.2, 0.25) is 0 Å². The Kier molecular flexibility index (Phi) is 5.89. The number of piperidine rings is 1. The molecule has 0 aromatic heterocycles. The minimum Gasteiger partial charge on any atom is -0.450 e. The summed E-state index contributed by atoms with van der Waals surface area (Å²) in [6, 6.07) is 15.9. The molecule has 4 nitrogen and oxygen atoms in total. The van der Waals surface area contributed by atoms with E-state index in [0.717, 1.165) is 40.0 Å². The predicted octanol–water partition coefficient (Wildman–Crippen LogP) is 1.66. The van der Waals surface area contributed by atoms with Crippen molar-refractivity contribution in [1.29, 1.82) is 0 Å². The summed E-state index contributed by atoms with van der Waals surface area (Å²) < 4.78 is 0. The van der Waals surface area contributed by atoms with Gasteiger partial charge in [0.2, 0.25) is 0 Å². The monoisotopic (exact) mass is 335 g/mol. The number of benzene rings is 2. The fraction of sp³-hybridized carbons (Fsp3) is 0.350. The molecule has 0 saturated carbocycles. The van der Waals surface area contributed by atoms with Gasteiger partial charge < -0.3 is 15.2 Å². The van der Waals surface area contributed by atoms with Gasteiger partial charge in [0, 0.05) is 25.2 Å². The summed E-state index contributed by atoms with van der Waals surface area (Å²) in [5, 5.41) is 12.3. The van der Waals surface area contributed by atoms with Crippen molar-refractivity contribution in [2.45, 2.75) is 25.3 Å². The van der Waals surface area contributed by atoms with Crippen LogP contribution in [-0.4, -0.2) is 43.5 Å². The second-order valence-electron chi connectivity index (χ2n) is 6.60. The van der Waals surface area contributed by atoms with Crippen LogP contribution in [0.3, 0.4) is 0 Å². The van der Waals surface area contributed by atoms with Crippen molar-refractivity contribution in [3.8, 4) is 0 Å². The van der Waals surface area contributed by atoms with Gasteiger partial charge in [-0.2, -0.15) is 0 Å². The van der Waals surface area contributed by atoms with Gasteiger partial charge in [0.05, 0.1) is 0 Å². The van der Waals surface area contributed by atoms with Crippen LogP contribution < -0.4 is 10.8 Å². The fourth-order valence-corrected chi connectivity index (χ4v) is 3.51. The van der Waals surface area contributed by atoms with Crippen LogP contribution in [0.15, 0.2) is 48.5 Å². The Morgan fingerprint density at radius 2 is 1.96 bits per heavy atom. The van der Waals surface area contributed by atoms with E-state index in [-0.39, 0.29) is 5.91 Å². The van der Waals surface area contributed by atoms with E-state index in [2.05, 4.69) is 29.6 Å². The van der Waals surface area contributed by atoms with Crippen molar-refractivity contribution in [3.05, 3.63) is 65.2 Å². The number of hydrogen-bond donors (Lipinski definition) is 2. The first-order valence-corrected chi connectivity index (χ1v) is 8.81. The van der Waals surface area contributed by atoms with Crippen molar-refractivity contribution < 1.29 is 9.82 Å². The molecular weight excluding hydrogens is 311 g/mol. The van der Waals surface area contributed by atoms with Gasteiger partial charge in [-0.15, -0.1) is 0 Å². The maximum absolute atomic E-state index is 12.7. The molecule has 1 aliphatic heterocycles. The second kappa shape index (κ2) is 8.32. The molecule has 0 unspecified atom stereocenters. The Morgan fingerprint density at radius 3 is 2.68 bits per heavy atom. The molecule has 2 aromatic rings. The lowest BCUT2D eigenvalue weighted by Gasteiger charge is -2.32. The molecule has 1 amide bonds. The van der Waals surface area contributed by atoms with Gasteiger partial charge in [-0.05, 0) is 43.0 Å². The van der Waals surface area contributed by atoms with Gasteiger partial charge in [0.15, 0.2) is 0 Å². The highest BCUT2D eigenvalue weighted by molar-refractivity contribution is 6.45. The molecule has 2 N–H and O–H groups in total. The van der Waals surface area contributed by atoms with E-state index in [9.17, 15) is 4.79 Å². The summed E-state index contributed by atoms with van der Waals surface area (Å²) >= 11 is 0. The van der Waals surface area contributed by atoms with E-state index in [1.807, 2.05) is 18.0 Å². The van der Waals surface area contributed by atoms with E-state index in [1.54, 1.807) is 18.2 Å². The third kappa shape index (κ3) is 4.30. The normalized spacial score (nSPS) is 15.2. The van der Waals surface area contributed by atoms with Gasteiger partial charge in [0.1, 0.15) is 0 Å². The first-order valence-electron chi connectivity index (χ1n) is 8.81. The molecule has 1 radical (unpaired) electrons. The number of nitrogens with one attached hydrogen (secondary N) is 1. The van der Waals surface area contributed by atoms with Crippen LogP contribution in [-0.2, 0) is 6.54 Å². The Morgan fingerprint density at radius 1 is 1.20 bits per heavy atom. The van der Waals surface area contributed by atoms with Crippen LogP contribution >= 0.6 is 0 Å². The summed E-state index contributed by atoms with van der Waals surface area (Å²) in [4.78, 5) is 14.6. The van der Waals surface area contributed by atoms with Crippen LogP contribution in [0.25, 0.3) is 0 Å². The lowest BCUT2D eigenvalue weighted by atomic mass is 9.86. The molecule has 2 aromatic carbocycles. The van der Waals surface area contributed by atoms with Crippen molar-refractivity contribution in [1.82, 2.24) is 10.2 Å². The third-order valence-corrected chi connectivity index (χ3v) is 4.87. The minimum atomic E-state index is 0.0473. The first kappa shape index (κ1) is 17.7. The maximum atomic E-state index is 12.7. The number of likely N-dealkylation sites (tertiary alicyclic amines) is 1. The van der Waals surface area contributed by atoms with E-state index in [4.69, 9.17) is 5.02 Å². The molecular formula is C20H24BN2O2. The average Bonchev–Trinajstić information content (AvgIpc) is 2.68. The van der Waals surface area contributed by atoms with E-state index < -0.39 is 0 Å². The van der Waals surface area contributed by atoms with Crippen molar-refractivity contribution >= 4 is 18.9 Å². The number of carbonyl (C=O) groups is 1. The Hall–Kier alpha value is -2.11. The van der Waals surface area contributed by atoms with Gasteiger partial charge >= 0.3 is 7.48 Å². The molecule has 0 bridgehead atoms. The molecule has 1 fully saturated rings. The highest BCUT2D eigenvalue weighted by Gasteiger charge is 2.24. The SMILES string of the molecule is CNCc1cccc(C2CCN(C(=O)c3cccc([B]O)c3)CC2)c1. The quantitative estimate of drug-likeness (QED) is 0.818. The zero-order chi connectivity index (χ0) is 17.6. The second-order valence-corrected chi connectivity index (χ2v) is 6.60. The molecule has 25 heavy (non-hydrogen) atoms. The Balaban J connectivity index is 1.63. The fourth-order valence-electron chi connectivity index (χ4n) is 3.51. The van der Waals surface area contributed by atoms with Crippen LogP contribution in [0.4, 0.5) is 0 Å². The summed E-state index contributed by atoms with van der Waals surface area (Å²) in [6.45, 7) is 2.42. The van der Waals surface area contributed by atoms with E-state index in [0.29, 0.717) is 16.9 Å². The molecule has 1 saturated heterocycles. The number of hydrogen-bond acceptors (Lipinski definition) is 3. The van der Waals surface area contributed by atoms with Gasteiger partial charge in [-0.3, -0.25) is 4.79 Å². The highest BCUT2D eigenvalue weighted by atomic mass is 16.2. The molecule has 0 aliphatic carbocycles. The molecule has 1 aliphatic rings. The summed E-state index contributed by atoms with van der Waals surface area (Å²) in [6.07, 6.45) is 1.97. The van der Waals surface area contributed by atoms with Crippen molar-refractivity contribution in [2.24, 2.45) is 0 Å². The summed E-state index contributed by atoms with van der Waals surface area (Å²) in [5.74, 6) is 0.559. The first-order chi connectivity index (χ1) is 12.2. The Labute approximate surface area is 150 Å². The van der Waals surface area contributed by atoms with Crippen LogP contribution in [0.5, 0.6) is 0 Å². The topological polar surface area (TPSA) is 52.6 Å². The van der Waals surface area contributed by atoms with Gasteiger partial charge in [-0.1, -0.05) is 47.9 Å². The Bertz CT molecular complexity index is 727. The zero-order valence-corrected chi connectivity index (χ0v) is 14.6. The molecule has 1 heterocycles. The molecule has 0 spiro atoms. The van der Waals surface area contributed by atoms with Crippen molar-refractivity contribution in [2.75, 3.05) is 20.1 Å². The highest BCUT2D eigenvalue weighted by Crippen LogP contribution is 2.29.